The number of hydrogen-bond donors (Lipinski definition) is 1. The minimum absolute atomic E-state index is 0.348. The zero-order valence-electron chi connectivity index (χ0n) is 5.20. The van der Waals surface area contributed by atoms with Crippen LogP contribution < -0.4 is 0 Å². The molecule has 1 saturated heterocycles. The first-order chi connectivity index (χ1) is 4.22. The van der Waals surface area contributed by atoms with E-state index in [2.05, 4.69) is 0 Å². The highest BCUT2D eigenvalue weighted by molar-refractivity contribution is 8.22. The summed E-state index contributed by atoms with van der Waals surface area (Å²) in [6.07, 6.45) is 0.472. The van der Waals surface area contributed by atoms with E-state index in [1.807, 2.05) is 7.05 Å². The predicted molar refractivity (Wildman–Crippen MR) is 43.4 cm³/mol. The van der Waals surface area contributed by atoms with Crippen molar-refractivity contribution in [2.24, 2.45) is 0 Å². The predicted octanol–water partition coefficient (Wildman–Crippen LogP) is 0.658. The highest BCUT2D eigenvalue weighted by atomic mass is 32.2. The summed E-state index contributed by atoms with van der Waals surface area (Å²) in [5.74, 6) is 0.949. The molecule has 1 atom stereocenters. The van der Waals surface area contributed by atoms with Crippen LogP contribution in [0.3, 0.4) is 0 Å². The lowest BCUT2D eigenvalue weighted by molar-refractivity contribution is 0.0686. The second-order valence-electron chi connectivity index (χ2n) is 1.99. The van der Waals surface area contributed by atoms with Gasteiger partial charge in [-0.2, -0.15) is 0 Å². The number of rotatable bonds is 0. The van der Waals surface area contributed by atoms with Crippen LogP contribution in [0.2, 0.25) is 0 Å². The van der Waals surface area contributed by atoms with Gasteiger partial charge in [-0.15, -0.1) is 0 Å². The van der Waals surface area contributed by atoms with Crippen molar-refractivity contribution in [3.63, 3.8) is 0 Å². The Labute approximate surface area is 64.2 Å². The molecule has 2 nitrogen and oxygen atoms in total. The lowest BCUT2D eigenvalue weighted by atomic mass is 10.4. The first-order valence-corrected chi connectivity index (χ1v) is 4.19. The van der Waals surface area contributed by atoms with Crippen LogP contribution in [0.25, 0.3) is 0 Å². The zero-order chi connectivity index (χ0) is 6.85. The van der Waals surface area contributed by atoms with Crippen LogP contribution in [0.5, 0.6) is 0 Å². The van der Waals surface area contributed by atoms with Crippen LogP contribution in [0.15, 0.2) is 0 Å². The Morgan fingerprint density at radius 1 is 1.89 bits per heavy atom. The fourth-order valence-corrected chi connectivity index (χ4v) is 1.87. The third-order valence-corrected chi connectivity index (χ3v) is 2.95. The molecule has 1 heterocycles. The lowest BCUT2D eigenvalue weighted by Gasteiger charge is -2.29. The Morgan fingerprint density at radius 2 is 2.56 bits per heavy atom. The standard InChI is InChI=1S/C5H9NOS2/c1-6-4(7)2-3-9-5(6)8/h4,7H,2-3H2,1H3. The van der Waals surface area contributed by atoms with Gasteiger partial charge in [-0.3, -0.25) is 0 Å². The van der Waals surface area contributed by atoms with E-state index < -0.39 is 0 Å². The first kappa shape index (κ1) is 7.31. The van der Waals surface area contributed by atoms with Gasteiger partial charge in [0.2, 0.25) is 0 Å². The molecule has 0 amide bonds. The average molecular weight is 163 g/mol. The second kappa shape index (κ2) is 2.86. The molecule has 1 N–H and O–H groups in total. The topological polar surface area (TPSA) is 23.5 Å². The van der Waals surface area contributed by atoms with Gasteiger partial charge in [0.05, 0.1) is 0 Å². The molecule has 0 saturated carbocycles. The SMILES string of the molecule is CN1C(=S)SCCC1O. The molecule has 0 aromatic carbocycles. The molecule has 52 valence electrons. The van der Waals surface area contributed by atoms with Gasteiger partial charge < -0.3 is 10.0 Å². The minimum atomic E-state index is -0.348. The maximum atomic E-state index is 9.17. The summed E-state index contributed by atoms with van der Waals surface area (Å²) in [5, 5.41) is 9.17. The third kappa shape index (κ3) is 1.56. The second-order valence-corrected chi connectivity index (χ2v) is 3.72. The molecule has 0 aromatic rings. The Hall–Kier alpha value is 0.200. The van der Waals surface area contributed by atoms with Crippen molar-refractivity contribution in [1.29, 1.82) is 0 Å². The largest absolute Gasteiger partial charge is 0.374 e. The molecule has 0 aliphatic carbocycles. The summed E-state index contributed by atoms with van der Waals surface area (Å²) in [7, 11) is 1.82. The van der Waals surface area contributed by atoms with Crippen molar-refractivity contribution in [3.05, 3.63) is 0 Å². The maximum absolute atomic E-state index is 9.17. The molecule has 1 rings (SSSR count). The smallest absolute Gasteiger partial charge is 0.138 e. The zero-order valence-corrected chi connectivity index (χ0v) is 6.84. The van der Waals surface area contributed by atoms with Crippen molar-refractivity contribution in [2.75, 3.05) is 12.8 Å². The summed E-state index contributed by atoms with van der Waals surface area (Å²) in [6.45, 7) is 0. The van der Waals surface area contributed by atoms with Crippen LogP contribution >= 0.6 is 24.0 Å². The lowest BCUT2D eigenvalue weighted by Crippen LogP contribution is -2.38. The van der Waals surface area contributed by atoms with E-state index in [4.69, 9.17) is 12.2 Å². The first-order valence-electron chi connectivity index (χ1n) is 2.79. The van der Waals surface area contributed by atoms with Crippen LogP contribution in [-0.4, -0.2) is 33.4 Å². The third-order valence-electron chi connectivity index (χ3n) is 1.34. The fourth-order valence-electron chi connectivity index (χ4n) is 0.669. The molecule has 1 aliphatic heterocycles. The molecule has 0 radical (unpaired) electrons. The van der Waals surface area contributed by atoms with Gasteiger partial charge in [-0.1, -0.05) is 24.0 Å². The molecular formula is C5H9NOS2. The summed E-state index contributed by atoms with van der Waals surface area (Å²) in [6, 6.07) is 0. The number of aliphatic hydroxyl groups is 1. The number of thiocarbonyl (C=S) groups is 1. The van der Waals surface area contributed by atoms with Crippen LogP contribution in [0.4, 0.5) is 0 Å². The van der Waals surface area contributed by atoms with E-state index in [1.54, 1.807) is 16.7 Å². The van der Waals surface area contributed by atoms with Crippen molar-refractivity contribution >= 4 is 28.3 Å². The average Bonchev–Trinajstić information content (AvgIpc) is 1.83. The molecule has 1 aliphatic rings. The normalized spacial score (nSPS) is 28.9. The van der Waals surface area contributed by atoms with Crippen molar-refractivity contribution in [1.82, 2.24) is 4.90 Å². The van der Waals surface area contributed by atoms with Gasteiger partial charge in [-0.25, -0.2) is 0 Å². The van der Waals surface area contributed by atoms with E-state index in [0.29, 0.717) is 0 Å². The van der Waals surface area contributed by atoms with Gasteiger partial charge in [0.25, 0.3) is 0 Å². The number of nitrogens with zero attached hydrogens (tertiary/aromatic N) is 1. The molecular weight excluding hydrogens is 154 g/mol. The van der Waals surface area contributed by atoms with Gasteiger partial charge in [0, 0.05) is 19.2 Å². The van der Waals surface area contributed by atoms with E-state index in [-0.39, 0.29) is 6.23 Å². The number of aliphatic hydroxyl groups excluding tert-OH is 1. The molecule has 4 heteroatoms. The Balaban J connectivity index is 2.51. The van der Waals surface area contributed by atoms with Crippen LogP contribution in [0.1, 0.15) is 6.42 Å². The quantitative estimate of drug-likeness (QED) is 0.530. The van der Waals surface area contributed by atoms with Gasteiger partial charge in [0.1, 0.15) is 10.5 Å². The maximum Gasteiger partial charge on any atom is 0.138 e. The molecule has 0 aromatic heterocycles. The van der Waals surface area contributed by atoms with Crippen molar-refractivity contribution < 1.29 is 5.11 Å². The van der Waals surface area contributed by atoms with Gasteiger partial charge in [0.15, 0.2) is 0 Å². The Morgan fingerprint density at radius 3 is 3.00 bits per heavy atom. The van der Waals surface area contributed by atoms with Gasteiger partial charge >= 0.3 is 0 Å². The van der Waals surface area contributed by atoms with Crippen LogP contribution in [-0.2, 0) is 0 Å². The van der Waals surface area contributed by atoms with Crippen molar-refractivity contribution in [3.8, 4) is 0 Å². The summed E-state index contributed by atoms with van der Waals surface area (Å²) >= 11 is 6.56. The van der Waals surface area contributed by atoms with Crippen LogP contribution in [0, 0.1) is 0 Å². The minimum Gasteiger partial charge on any atom is -0.374 e. The Bertz CT molecular complexity index is 128. The van der Waals surface area contributed by atoms with Crippen molar-refractivity contribution in [2.45, 2.75) is 12.6 Å². The fraction of sp³-hybridized carbons (Fsp3) is 0.800. The molecule has 0 bridgehead atoms. The molecule has 1 unspecified atom stereocenters. The number of hydrogen-bond acceptors (Lipinski definition) is 3. The summed E-state index contributed by atoms with van der Waals surface area (Å²) in [4.78, 5) is 1.73. The summed E-state index contributed by atoms with van der Waals surface area (Å²) in [5.41, 5.74) is 0. The van der Waals surface area contributed by atoms with E-state index in [0.717, 1.165) is 16.5 Å². The van der Waals surface area contributed by atoms with E-state index in [1.165, 1.54) is 0 Å². The number of thioether (sulfide) groups is 1. The van der Waals surface area contributed by atoms with E-state index in [9.17, 15) is 5.11 Å². The van der Waals surface area contributed by atoms with Gasteiger partial charge in [-0.05, 0) is 0 Å². The Kier molecular flexibility index (Phi) is 2.32. The monoisotopic (exact) mass is 163 g/mol. The molecule has 0 spiro atoms. The molecule has 1 fully saturated rings. The highest BCUT2D eigenvalue weighted by Crippen LogP contribution is 2.19. The summed E-state index contributed by atoms with van der Waals surface area (Å²) < 4.78 is 0.800. The van der Waals surface area contributed by atoms with E-state index >= 15 is 0 Å². The molecule has 9 heavy (non-hydrogen) atoms. The highest BCUT2D eigenvalue weighted by Gasteiger charge is 2.19.